The molecule has 2 N–H and O–H groups in total. The first kappa shape index (κ1) is 14.9. The van der Waals surface area contributed by atoms with Crippen molar-refractivity contribution in [3.05, 3.63) is 48.6 Å². The Morgan fingerprint density at radius 1 is 1.44 bits per heavy atom. The molecule has 0 heterocycles. The molecule has 0 unspecified atom stereocenters. The quantitative estimate of drug-likeness (QED) is 0.695. The molecule has 0 aliphatic carbocycles. The molecular formula is C15H23NO2. The molecule has 0 saturated carbocycles. The van der Waals surface area contributed by atoms with E-state index >= 15 is 0 Å². The van der Waals surface area contributed by atoms with E-state index in [1.165, 1.54) is 0 Å². The summed E-state index contributed by atoms with van der Waals surface area (Å²) >= 11 is 0. The summed E-state index contributed by atoms with van der Waals surface area (Å²) in [7, 11) is 1.68. The van der Waals surface area contributed by atoms with Gasteiger partial charge in [0.1, 0.15) is 0 Å². The van der Waals surface area contributed by atoms with Crippen molar-refractivity contribution in [2.24, 2.45) is 0 Å². The summed E-state index contributed by atoms with van der Waals surface area (Å²) in [4.78, 5) is 0. The fourth-order valence-electron chi connectivity index (χ4n) is 2.14. The Morgan fingerprint density at radius 3 is 2.61 bits per heavy atom. The second-order valence-electron chi connectivity index (χ2n) is 4.78. The average Bonchev–Trinajstić information content (AvgIpc) is 2.38. The van der Waals surface area contributed by atoms with Crippen LogP contribution in [0.2, 0.25) is 0 Å². The van der Waals surface area contributed by atoms with Crippen molar-refractivity contribution in [1.29, 1.82) is 0 Å². The highest BCUT2D eigenvalue weighted by Gasteiger charge is 2.26. The SMILES string of the molecule is C=CC[C@@](C)(COC)N[C@H](CO)c1ccccc1. The van der Waals surface area contributed by atoms with Crippen LogP contribution in [0.25, 0.3) is 0 Å². The Bertz CT molecular complexity index is 353. The minimum atomic E-state index is -0.222. The summed E-state index contributed by atoms with van der Waals surface area (Å²) < 4.78 is 5.25. The van der Waals surface area contributed by atoms with Crippen LogP contribution in [0.15, 0.2) is 43.0 Å². The summed E-state index contributed by atoms with van der Waals surface area (Å²) in [5, 5.41) is 13.0. The van der Waals surface area contributed by atoms with Crippen LogP contribution in [-0.2, 0) is 4.74 Å². The molecule has 0 aromatic heterocycles. The van der Waals surface area contributed by atoms with Crippen molar-refractivity contribution in [3.8, 4) is 0 Å². The first-order valence-corrected chi connectivity index (χ1v) is 6.18. The molecule has 0 saturated heterocycles. The van der Waals surface area contributed by atoms with E-state index in [2.05, 4.69) is 18.8 Å². The summed E-state index contributed by atoms with van der Waals surface area (Å²) in [6.45, 7) is 6.48. The van der Waals surface area contributed by atoms with Crippen LogP contribution in [0.3, 0.4) is 0 Å². The molecule has 1 aromatic carbocycles. The first-order valence-electron chi connectivity index (χ1n) is 6.18. The molecule has 3 heteroatoms. The molecule has 0 radical (unpaired) electrons. The minimum absolute atomic E-state index is 0.0560. The van der Waals surface area contributed by atoms with E-state index in [4.69, 9.17) is 4.74 Å². The third-order valence-corrected chi connectivity index (χ3v) is 2.96. The number of nitrogens with one attached hydrogen (secondary N) is 1. The van der Waals surface area contributed by atoms with Gasteiger partial charge in [0.25, 0.3) is 0 Å². The summed E-state index contributed by atoms with van der Waals surface area (Å²) in [5.41, 5.74) is 0.853. The van der Waals surface area contributed by atoms with Crippen LogP contribution in [0.4, 0.5) is 0 Å². The van der Waals surface area contributed by atoms with E-state index < -0.39 is 0 Å². The molecule has 1 aromatic rings. The maximum Gasteiger partial charge on any atom is 0.0645 e. The Morgan fingerprint density at radius 2 is 2.11 bits per heavy atom. The van der Waals surface area contributed by atoms with Crippen LogP contribution in [0.5, 0.6) is 0 Å². The maximum absolute atomic E-state index is 9.55. The normalized spacial score (nSPS) is 15.9. The molecule has 18 heavy (non-hydrogen) atoms. The van der Waals surface area contributed by atoms with E-state index in [1.807, 2.05) is 36.4 Å². The number of ether oxygens (including phenoxy) is 1. The monoisotopic (exact) mass is 249 g/mol. The predicted molar refractivity (Wildman–Crippen MR) is 74.5 cm³/mol. The van der Waals surface area contributed by atoms with Gasteiger partial charge in [-0.1, -0.05) is 36.4 Å². The molecule has 0 spiro atoms. The number of hydrogen-bond donors (Lipinski definition) is 2. The van der Waals surface area contributed by atoms with Crippen LogP contribution < -0.4 is 5.32 Å². The minimum Gasteiger partial charge on any atom is -0.394 e. The van der Waals surface area contributed by atoms with E-state index in [-0.39, 0.29) is 18.2 Å². The van der Waals surface area contributed by atoms with Crippen LogP contribution >= 0.6 is 0 Å². The third-order valence-electron chi connectivity index (χ3n) is 2.96. The van der Waals surface area contributed by atoms with Gasteiger partial charge in [0.2, 0.25) is 0 Å². The van der Waals surface area contributed by atoms with E-state index in [0.717, 1.165) is 12.0 Å². The van der Waals surface area contributed by atoms with Crippen molar-refractivity contribution >= 4 is 0 Å². The second-order valence-corrected chi connectivity index (χ2v) is 4.78. The van der Waals surface area contributed by atoms with Gasteiger partial charge in [-0.15, -0.1) is 6.58 Å². The average molecular weight is 249 g/mol. The zero-order valence-corrected chi connectivity index (χ0v) is 11.2. The van der Waals surface area contributed by atoms with Gasteiger partial charge in [0.15, 0.2) is 0 Å². The molecule has 1 rings (SSSR count). The van der Waals surface area contributed by atoms with Crippen molar-refractivity contribution in [2.45, 2.75) is 24.9 Å². The predicted octanol–water partition coefficient (Wildman–Crippen LogP) is 2.29. The standard InChI is InChI=1S/C15H23NO2/c1-4-10-15(2,12-18-3)16-14(11-17)13-8-6-5-7-9-13/h4-9,14,16-17H,1,10-12H2,2-3H3/t14-,15+/m1/s1. The van der Waals surface area contributed by atoms with Gasteiger partial charge < -0.3 is 15.2 Å². The topological polar surface area (TPSA) is 41.5 Å². The van der Waals surface area contributed by atoms with Crippen molar-refractivity contribution < 1.29 is 9.84 Å². The maximum atomic E-state index is 9.55. The second kappa shape index (κ2) is 7.31. The molecule has 0 aliphatic rings. The number of hydrogen-bond acceptors (Lipinski definition) is 3. The Hall–Kier alpha value is -1.16. The lowest BCUT2D eigenvalue weighted by Crippen LogP contribution is -2.48. The van der Waals surface area contributed by atoms with Crippen molar-refractivity contribution in [2.75, 3.05) is 20.3 Å². The van der Waals surface area contributed by atoms with Gasteiger partial charge in [-0.25, -0.2) is 0 Å². The molecule has 100 valence electrons. The molecule has 0 amide bonds. The number of methoxy groups -OCH3 is 1. The largest absolute Gasteiger partial charge is 0.394 e. The fourth-order valence-corrected chi connectivity index (χ4v) is 2.14. The molecule has 2 atom stereocenters. The molecule has 3 nitrogen and oxygen atoms in total. The van der Waals surface area contributed by atoms with E-state index in [0.29, 0.717) is 6.61 Å². The molecule has 0 fully saturated rings. The highest BCUT2D eigenvalue weighted by atomic mass is 16.5. The van der Waals surface area contributed by atoms with Crippen LogP contribution in [-0.4, -0.2) is 31.0 Å². The lowest BCUT2D eigenvalue weighted by atomic mass is 9.95. The lowest BCUT2D eigenvalue weighted by Gasteiger charge is -2.33. The number of rotatable bonds is 8. The van der Waals surface area contributed by atoms with Crippen LogP contribution in [0, 0.1) is 0 Å². The Balaban J connectivity index is 2.80. The smallest absolute Gasteiger partial charge is 0.0645 e. The zero-order chi connectivity index (χ0) is 13.4. The molecular weight excluding hydrogens is 226 g/mol. The molecule has 0 bridgehead atoms. The van der Waals surface area contributed by atoms with Gasteiger partial charge in [0.05, 0.1) is 19.3 Å². The van der Waals surface area contributed by atoms with Crippen molar-refractivity contribution in [3.63, 3.8) is 0 Å². The fraction of sp³-hybridized carbons (Fsp3) is 0.467. The Kier molecular flexibility index (Phi) is 6.05. The van der Waals surface area contributed by atoms with Gasteiger partial charge in [-0.05, 0) is 18.9 Å². The number of aliphatic hydroxyl groups excluding tert-OH is 1. The zero-order valence-electron chi connectivity index (χ0n) is 11.2. The van der Waals surface area contributed by atoms with Gasteiger partial charge in [-0.2, -0.15) is 0 Å². The molecule has 0 aliphatic heterocycles. The summed E-state index contributed by atoms with van der Waals surface area (Å²) in [6, 6.07) is 9.84. The van der Waals surface area contributed by atoms with Gasteiger partial charge in [-0.3, -0.25) is 0 Å². The van der Waals surface area contributed by atoms with Gasteiger partial charge >= 0.3 is 0 Å². The van der Waals surface area contributed by atoms with Crippen molar-refractivity contribution in [1.82, 2.24) is 5.32 Å². The van der Waals surface area contributed by atoms with Gasteiger partial charge in [0, 0.05) is 12.6 Å². The number of benzene rings is 1. The Labute approximate surface area is 109 Å². The highest BCUT2D eigenvalue weighted by molar-refractivity contribution is 5.19. The number of aliphatic hydroxyl groups is 1. The first-order chi connectivity index (χ1) is 8.65. The van der Waals surface area contributed by atoms with Crippen LogP contribution in [0.1, 0.15) is 24.9 Å². The lowest BCUT2D eigenvalue weighted by molar-refractivity contribution is 0.101. The third kappa shape index (κ3) is 4.26. The van der Waals surface area contributed by atoms with E-state index in [9.17, 15) is 5.11 Å². The summed E-state index contributed by atoms with van der Waals surface area (Å²) in [6.07, 6.45) is 2.65. The van der Waals surface area contributed by atoms with E-state index in [1.54, 1.807) is 7.11 Å². The highest BCUT2D eigenvalue weighted by Crippen LogP contribution is 2.19. The summed E-state index contributed by atoms with van der Waals surface area (Å²) in [5.74, 6) is 0.